The average molecular weight is 352 g/mol. The van der Waals surface area contributed by atoms with E-state index in [2.05, 4.69) is 32.9 Å². The van der Waals surface area contributed by atoms with Gasteiger partial charge in [0.2, 0.25) is 0 Å². The molecular formula is C14H13IN2O. The summed E-state index contributed by atoms with van der Waals surface area (Å²) in [7, 11) is 0. The number of rotatable bonds is 4. The molecule has 0 radical (unpaired) electrons. The molecule has 0 atom stereocenters. The maximum atomic E-state index is 11.9. The summed E-state index contributed by atoms with van der Waals surface area (Å²) in [5.41, 5.74) is 1.88. The van der Waals surface area contributed by atoms with Gasteiger partial charge in [0.25, 0.3) is 5.91 Å². The predicted molar refractivity (Wildman–Crippen MR) is 79.4 cm³/mol. The number of halogens is 1. The van der Waals surface area contributed by atoms with E-state index >= 15 is 0 Å². The normalized spacial score (nSPS) is 10.1. The van der Waals surface area contributed by atoms with Crippen molar-refractivity contribution < 1.29 is 4.79 Å². The molecule has 0 aliphatic heterocycles. The highest BCUT2D eigenvalue weighted by molar-refractivity contribution is 14.1. The molecule has 0 saturated heterocycles. The Labute approximate surface area is 120 Å². The standard InChI is InChI=1S/C14H13IN2O/c15-13-3-1-2-12(10-13)14(18)17-9-6-11-4-7-16-8-5-11/h1-5,7-8,10H,6,9H2,(H,17,18). The molecule has 0 aliphatic carbocycles. The number of hydrogen-bond donors (Lipinski definition) is 1. The van der Waals surface area contributed by atoms with Gasteiger partial charge in [0.15, 0.2) is 0 Å². The number of aromatic nitrogens is 1. The summed E-state index contributed by atoms with van der Waals surface area (Å²) in [6, 6.07) is 11.5. The van der Waals surface area contributed by atoms with Crippen LogP contribution in [-0.2, 0) is 6.42 Å². The minimum atomic E-state index is -0.0254. The molecule has 1 amide bonds. The van der Waals surface area contributed by atoms with Crippen molar-refractivity contribution in [2.24, 2.45) is 0 Å². The second-order valence-electron chi connectivity index (χ2n) is 3.87. The number of carbonyl (C=O) groups excluding carboxylic acids is 1. The van der Waals surface area contributed by atoms with Crippen LogP contribution < -0.4 is 5.32 Å². The minimum absolute atomic E-state index is 0.0254. The topological polar surface area (TPSA) is 42.0 Å². The van der Waals surface area contributed by atoms with Crippen LogP contribution in [0.1, 0.15) is 15.9 Å². The first-order valence-corrected chi connectivity index (χ1v) is 6.76. The van der Waals surface area contributed by atoms with E-state index in [1.807, 2.05) is 36.4 Å². The molecular weight excluding hydrogens is 339 g/mol. The lowest BCUT2D eigenvalue weighted by Gasteiger charge is -2.05. The van der Waals surface area contributed by atoms with Gasteiger partial charge in [-0.1, -0.05) is 6.07 Å². The van der Waals surface area contributed by atoms with Crippen LogP contribution in [0.25, 0.3) is 0 Å². The van der Waals surface area contributed by atoms with Crippen LogP contribution in [0.2, 0.25) is 0 Å². The van der Waals surface area contributed by atoms with Crippen molar-refractivity contribution in [1.29, 1.82) is 0 Å². The molecule has 1 N–H and O–H groups in total. The Morgan fingerprint density at radius 3 is 2.72 bits per heavy atom. The number of amides is 1. The number of hydrogen-bond acceptors (Lipinski definition) is 2. The second kappa shape index (κ2) is 6.49. The van der Waals surface area contributed by atoms with Crippen molar-refractivity contribution in [3.8, 4) is 0 Å². The van der Waals surface area contributed by atoms with Crippen molar-refractivity contribution in [2.45, 2.75) is 6.42 Å². The Kier molecular flexibility index (Phi) is 4.69. The molecule has 18 heavy (non-hydrogen) atoms. The fourth-order valence-electron chi connectivity index (χ4n) is 1.60. The third-order valence-corrected chi connectivity index (χ3v) is 3.21. The Morgan fingerprint density at radius 2 is 2.00 bits per heavy atom. The first-order chi connectivity index (χ1) is 8.75. The molecule has 3 nitrogen and oxygen atoms in total. The zero-order valence-electron chi connectivity index (χ0n) is 9.77. The van der Waals surface area contributed by atoms with Crippen LogP contribution in [0.4, 0.5) is 0 Å². The smallest absolute Gasteiger partial charge is 0.251 e. The maximum absolute atomic E-state index is 11.9. The maximum Gasteiger partial charge on any atom is 0.251 e. The van der Waals surface area contributed by atoms with Crippen molar-refractivity contribution >= 4 is 28.5 Å². The fourth-order valence-corrected chi connectivity index (χ4v) is 2.14. The van der Waals surface area contributed by atoms with Gasteiger partial charge in [0, 0.05) is 28.1 Å². The number of benzene rings is 1. The molecule has 2 rings (SSSR count). The van der Waals surface area contributed by atoms with Crippen molar-refractivity contribution in [3.63, 3.8) is 0 Å². The summed E-state index contributed by atoms with van der Waals surface area (Å²) in [6.45, 7) is 0.633. The molecule has 0 saturated carbocycles. The zero-order valence-corrected chi connectivity index (χ0v) is 11.9. The lowest BCUT2D eigenvalue weighted by atomic mass is 10.2. The van der Waals surface area contributed by atoms with E-state index in [4.69, 9.17) is 0 Å². The van der Waals surface area contributed by atoms with Gasteiger partial charge >= 0.3 is 0 Å². The molecule has 0 fully saturated rings. The summed E-state index contributed by atoms with van der Waals surface area (Å²) in [5, 5.41) is 2.91. The SMILES string of the molecule is O=C(NCCc1ccncc1)c1cccc(I)c1. The number of nitrogens with one attached hydrogen (secondary N) is 1. The van der Waals surface area contributed by atoms with E-state index in [1.54, 1.807) is 12.4 Å². The summed E-state index contributed by atoms with van der Waals surface area (Å²) in [6.07, 6.45) is 4.34. The highest BCUT2D eigenvalue weighted by Gasteiger charge is 2.04. The van der Waals surface area contributed by atoms with Crippen LogP contribution in [0, 0.1) is 3.57 Å². The Hall–Kier alpha value is -1.43. The van der Waals surface area contributed by atoms with E-state index in [-0.39, 0.29) is 5.91 Å². The third-order valence-electron chi connectivity index (χ3n) is 2.54. The average Bonchev–Trinajstić information content (AvgIpc) is 2.40. The van der Waals surface area contributed by atoms with Crippen LogP contribution in [0.15, 0.2) is 48.8 Å². The van der Waals surface area contributed by atoms with Gasteiger partial charge in [0.05, 0.1) is 0 Å². The molecule has 1 aromatic carbocycles. The van der Waals surface area contributed by atoms with Crippen LogP contribution in [0.3, 0.4) is 0 Å². The highest BCUT2D eigenvalue weighted by Crippen LogP contribution is 2.07. The molecule has 2 aromatic rings. The van der Waals surface area contributed by atoms with Crippen LogP contribution in [0.5, 0.6) is 0 Å². The number of carbonyl (C=O) groups is 1. The predicted octanol–water partition coefficient (Wildman–Crippen LogP) is 2.66. The molecule has 0 unspecified atom stereocenters. The molecule has 1 aromatic heterocycles. The van der Waals surface area contributed by atoms with Gasteiger partial charge < -0.3 is 5.32 Å². The largest absolute Gasteiger partial charge is 0.352 e. The van der Waals surface area contributed by atoms with Crippen molar-refractivity contribution in [2.75, 3.05) is 6.54 Å². The van der Waals surface area contributed by atoms with Crippen molar-refractivity contribution in [3.05, 3.63) is 63.5 Å². The first kappa shape index (κ1) is 13.0. The Bertz CT molecular complexity index is 528. The van der Waals surface area contributed by atoms with Gasteiger partial charge in [-0.25, -0.2) is 0 Å². The quantitative estimate of drug-likeness (QED) is 0.860. The fraction of sp³-hybridized carbons (Fsp3) is 0.143. The van der Waals surface area contributed by atoms with E-state index in [9.17, 15) is 4.79 Å². The molecule has 1 heterocycles. The summed E-state index contributed by atoms with van der Waals surface area (Å²) in [5.74, 6) is -0.0254. The molecule has 92 valence electrons. The van der Waals surface area contributed by atoms with Gasteiger partial charge in [-0.3, -0.25) is 9.78 Å². The lowest BCUT2D eigenvalue weighted by molar-refractivity contribution is 0.0954. The Morgan fingerprint density at radius 1 is 1.22 bits per heavy atom. The summed E-state index contributed by atoms with van der Waals surface area (Å²) < 4.78 is 1.06. The molecule has 0 aliphatic rings. The first-order valence-electron chi connectivity index (χ1n) is 5.68. The molecule has 0 spiro atoms. The third kappa shape index (κ3) is 3.80. The summed E-state index contributed by atoms with van der Waals surface area (Å²) >= 11 is 2.20. The van der Waals surface area contributed by atoms with E-state index in [0.717, 1.165) is 9.99 Å². The molecule has 0 bridgehead atoms. The highest BCUT2D eigenvalue weighted by atomic mass is 127. The van der Waals surface area contributed by atoms with Gasteiger partial charge in [-0.05, 0) is 64.9 Å². The van der Waals surface area contributed by atoms with Crippen LogP contribution in [-0.4, -0.2) is 17.4 Å². The van der Waals surface area contributed by atoms with Crippen molar-refractivity contribution in [1.82, 2.24) is 10.3 Å². The van der Waals surface area contributed by atoms with E-state index in [1.165, 1.54) is 5.56 Å². The number of nitrogens with zero attached hydrogens (tertiary/aromatic N) is 1. The Balaban J connectivity index is 1.86. The number of pyridine rings is 1. The van der Waals surface area contributed by atoms with Gasteiger partial charge in [0.1, 0.15) is 0 Å². The lowest BCUT2D eigenvalue weighted by Crippen LogP contribution is -2.25. The zero-order chi connectivity index (χ0) is 12.8. The summed E-state index contributed by atoms with van der Waals surface area (Å²) in [4.78, 5) is 15.8. The monoisotopic (exact) mass is 352 g/mol. The minimum Gasteiger partial charge on any atom is -0.352 e. The molecule has 4 heteroatoms. The van der Waals surface area contributed by atoms with E-state index in [0.29, 0.717) is 12.1 Å². The van der Waals surface area contributed by atoms with Gasteiger partial charge in [-0.15, -0.1) is 0 Å². The second-order valence-corrected chi connectivity index (χ2v) is 5.12. The van der Waals surface area contributed by atoms with Crippen LogP contribution >= 0.6 is 22.6 Å². The van der Waals surface area contributed by atoms with E-state index < -0.39 is 0 Å². The van der Waals surface area contributed by atoms with Gasteiger partial charge in [-0.2, -0.15) is 0 Å².